The summed E-state index contributed by atoms with van der Waals surface area (Å²) >= 11 is 0. The minimum Gasteiger partial charge on any atom is -0.382 e. The van der Waals surface area contributed by atoms with Gasteiger partial charge >= 0.3 is 0 Å². The Morgan fingerprint density at radius 1 is 0.960 bits per heavy atom. The first-order valence-corrected chi connectivity index (χ1v) is 9.58. The van der Waals surface area contributed by atoms with Crippen LogP contribution < -0.4 is 16.0 Å². The highest BCUT2D eigenvalue weighted by molar-refractivity contribution is 5.88. The summed E-state index contributed by atoms with van der Waals surface area (Å²) in [5.41, 5.74) is 9.09. The van der Waals surface area contributed by atoms with E-state index in [0.717, 1.165) is 26.3 Å². The molecule has 1 heterocycles. The molecule has 2 aliphatic carbocycles. The van der Waals surface area contributed by atoms with E-state index in [1.165, 1.54) is 47.8 Å². The molecule has 1 saturated heterocycles. The fourth-order valence-electron chi connectivity index (χ4n) is 5.05. The standard InChI is InChI=1S/C21H27N3O/c22-17-11-21(12-17)13-19(14-21)23-18-3-1-16-10-20(4-2-15(16)9-18)24-5-7-25-8-6-24/h1-4,9-10,17,19,23H,5-8,11-14,22H2. The van der Waals surface area contributed by atoms with Gasteiger partial charge in [-0.25, -0.2) is 0 Å². The summed E-state index contributed by atoms with van der Waals surface area (Å²) < 4.78 is 5.45. The molecule has 132 valence electrons. The van der Waals surface area contributed by atoms with Crippen molar-refractivity contribution in [3.63, 3.8) is 0 Å². The third-order valence-electron chi connectivity index (χ3n) is 6.32. The average Bonchev–Trinajstić information content (AvgIpc) is 2.59. The number of morpholine rings is 1. The molecular formula is C21H27N3O. The number of benzene rings is 2. The zero-order chi connectivity index (χ0) is 16.9. The first kappa shape index (κ1) is 15.5. The molecular weight excluding hydrogens is 310 g/mol. The highest BCUT2D eigenvalue weighted by atomic mass is 16.5. The van der Waals surface area contributed by atoms with E-state index in [-0.39, 0.29) is 0 Å². The number of nitrogens with one attached hydrogen (secondary N) is 1. The molecule has 0 bridgehead atoms. The fraction of sp³-hybridized carbons (Fsp3) is 0.524. The van der Waals surface area contributed by atoms with Crippen molar-refractivity contribution in [1.82, 2.24) is 0 Å². The third-order valence-corrected chi connectivity index (χ3v) is 6.32. The summed E-state index contributed by atoms with van der Waals surface area (Å²) in [5, 5.41) is 6.34. The van der Waals surface area contributed by atoms with E-state index in [1.54, 1.807) is 0 Å². The van der Waals surface area contributed by atoms with E-state index in [0.29, 0.717) is 17.5 Å². The Hall–Kier alpha value is -1.78. The zero-order valence-corrected chi connectivity index (χ0v) is 14.7. The molecule has 25 heavy (non-hydrogen) atoms. The number of hydrogen-bond donors (Lipinski definition) is 2. The van der Waals surface area contributed by atoms with Gasteiger partial charge in [-0.1, -0.05) is 12.1 Å². The lowest BCUT2D eigenvalue weighted by molar-refractivity contribution is 0.00122. The van der Waals surface area contributed by atoms with Crippen molar-refractivity contribution >= 4 is 22.1 Å². The highest BCUT2D eigenvalue weighted by Crippen LogP contribution is 2.55. The van der Waals surface area contributed by atoms with Crippen LogP contribution in [0.2, 0.25) is 0 Å². The van der Waals surface area contributed by atoms with E-state index < -0.39 is 0 Å². The molecule has 2 aromatic rings. The predicted molar refractivity (Wildman–Crippen MR) is 103 cm³/mol. The van der Waals surface area contributed by atoms with Gasteiger partial charge in [-0.3, -0.25) is 0 Å². The van der Waals surface area contributed by atoms with E-state index in [4.69, 9.17) is 10.5 Å². The SMILES string of the molecule is NC1CC2(C1)CC(Nc1ccc3cc(N4CCOCC4)ccc3c1)C2. The van der Waals surface area contributed by atoms with Gasteiger partial charge in [-0.05, 0) is 66.1 Å². The zero-order valence-electron chi connectivity index (χ0n) is 14.7. The van der Waals surface area contributed by atoms with Gasteiger partial charge in [0.05, 0.1) is 13.2 Å². The molecule has 2 aromatic carbocycles. The van der Waals surface area contributed by atoms with Crippen LogP contribution in [0, 0.1) is 5.41 Å². The van der Waals surface area contributed by atoms with E-state index in [1.807, 2.05) is 0 Å². The second kappa shape index (κ2) is 5.89. The topological polar surface area (TPSA) is 50.5 Å². The van der Waals surface area contributed by atoms with Crippen LogP contribution in [0.25, 0.3) is 10.8 Å². The molecule has 0 unspecified atom stereocenters. The quantitative estimate of drug-likeness (QED) is 0.902. The minimum absolute atomic E-state index is 0.460. The van der Waals surface area contributed by atoms with Gasteiger partial charge in [0.2, 0.25) is 0 Å². The highest BCUT2D eigenvalue weighted by Gasteiger charge is 2.51. The van der Waals surface area contributed by atoms with Crippen molar-refractivity contribution < 1.29 is 4.74 Å². The molecule has 0 atom stereocenters. The molecule has 1 aliphatic heterocycles. The first-order chi connectivity index (χ1) is 12.2. The molecule has 0 amide bonds. The van der Waals surface area contributed by atoms with Gasteiger partial charge in [0.1, 0.15) is 0 Å². The number of ether oxygens (including phenoxy) is 1. The lowest BCUT2D eigenvalue weighted by atomic mass is 9.52. The van der Waals surface area contributed by atoms with Gasteiger partial charge in [-0.15, -0.1) is 0 Å². The number of nitrogens with zero attached hydrogens (tertiary/aromatic N) is 1. The Morgan fingerprint density at radius 2 is 1.68 bits per heavy atom. The van der Waals surface area contributed by atoms with Crippen LogP contribution in [0.1, 0.15) is 25.7 Å². The number of nitrogens with two attached hydrogens (primary N) is 1. The van der Waals surface area contributed by atoms with Crippen molar-refractivity contribution in [3.8, 4) is 0 Å². The number of rotatable bonds is 3. The van der Waals surface area contributed by atoms with Crippen molar-refractivity contribution in [1.29, 1.82) is 0 Å². The van der Waals surface area contributed by atoms with Crippen molar-refractivity contribution in [3.05, 3.63) is 36.4 Å². The number of anilines is 2. The molecule has 2 saturated carbocycles. The molecule has 0 aromatic heterocycles. The van der Waals surface area contributed by atoms with Gasteiger partial charge < -0.3 is 20.7 Å². The molecule has 4 nitrogen and oxygen atoms in total. The number of fused-ring (bicyclic) bond motifs is 1. The second-order valence-electron chi connectivity index (χ2n) is 8.26. The average molecular weight is 337 g/mol. The molecule has 4 heteroatoms. The van der Waals surface area contributed by atoms with Crippen LogP contribution in [-0.4, -0.2) is 38.4 Å². The minimum atomic E-state index is 0.460. The second-order valence-corrected chi connectivity index (χ2v) is 8.26. The molecule has 3 aliphatic rings. The Kier molecular flexibility index (Phi) is 3.64. The maximum atomic E-state index is 5.96. The fourth-order valence-corrected chi connectivity index (χ4v) is 5.05. The lowest BCUT2D eigenvalue weighted by Crippen LogP contribution is -2.57. The largest absolute Gasteiger partial charge is 0.382 e. The van der Waals surface area contributed by atoms with Gasteiger partial charge in [0.25, 0.3) is 0 Å². The van der Waals surface area contributed by atoms with E-state index >= 15 is 0 Å². The molecule has 0 radical (unpaired) electrons. The van der Waals surface area contributed by atoms with Crippen LogP contribution in [-0.2, 0) is 4.74 Å². The van der Waals surface area contributed by atoms with Crippen LogP contribution in [0.3, 0.4) is 0 Å². The van der Waals surface area contributed by atoms with Crippen LogP contribution in [0.4, 0.5) is 11.4 Å². The summed E-state index contributed by atoms with van der Waals surface area (Å²) in [4.78, 5) is 2.41. The van der Waals surface area contributed by atoms with Crippen molar-refractivity contribution in [2.24, 2.45) is 11.1 Å². The summed E-state index contributed by atoms with van der Waals surface area (Å²) in [7, 11) is 0. The predicted octanol–water partition coefficient (Wildman–Crippen LogP) is 3.36. The smallest absolute Gasteiger partial charge is 0.0642 e. The normalized spacial score (nSPS) is 31.6. The third kappa shape index (κ3) is 2.87. The van der Waals surface area contributed by atoms with E-state index in [9.17, 15) is 0 Å². The van der Waals surface area contributed by atoms with Crippen LogP contribution in [0.5, 0.6) is 0 Å². The maximum Gasteiger partial charge on any atom is 0.0642 e. The summed E-state index contributed by atoms with van der Waals surface area (Å²) in [6, 6.07) is 14.6. The summed E-state index contributed by atoms with van der Waals surface area (Å²) in [5.74, 6) is 0. The Balaban J connectivity index is 1.27. The van der Waals surface area contributed by atoms with Gasteiger partial charge in [-0.2, -0.15) is 0 Å². The van der Waals surface area contributed by atoms with Gasteiger partial charge in [0, 0.05) is 36.5 Å². The monoisotopic (exact) mass is 337 g/mol. The molecule has 3 fully saturated rings. The summed E-state index contributed by atoms with van der Waals surface area (Å²) in [6.45, 7) is 3.62. The molecule has 1 spiro atoms. The molecule has 5 rings (SSSR count). The van der Waals surface area contributed by atoms with Crippen LogP contribution >= 0.6 is 0 Å². The Morgan fingerprint density at radius 3 is 2.44 bits per heavy atom. The van der Waals surface area contributed by atoms with Crippen LogP contribution in [0.15, 0.2) is 36.4 Å². The molecule has 3 N–H and O–H groups in total. The van der Waals surface area contributed by atoms with Gasteiger partial charge in [0.15, 0.2) is 0 Å². The maximum absolute atomic E-state index is 5.96. The Bertz CT molecular complexity index is 770. The number of hydrogen-bond acceptors (Lipinski definition) is 4. The lowest BCUT2D eigenvalue weighted by Gasteiger charge is -2.57. The first-order valence-electron chi connectivity index (χ1n) is 9.58. The van der Waals surface area contributed by atoms with E-state index in [2.05, 4.69) is 46.6 Å². The Labute approximate surface area is 149 Å². The van der Waals surface area contributed by atoms with Crippen molar-refractivity contribution in [2.45, 2.75) is 37.8 Å². The summed E-state index contributed by atoms with van der Waals surface area (Å²) in [6.07, 6.45) is 5.03. The van der Waals surface area contributed by atoms with Crippen molar-refractivity contribution in [2.75, 3.05) is 36.5 Å².